The summed E-state index contributed by atoms with van der Waals surface area (Å²) in [7, 11) is -3.71. The van der Waals surface area contributed by atoms with Crippen LogP contribution in [0.2, 0.25) is 10.0 Å². The summed E-state index contributed by atoms with van der Waals surface area (Å²) in [6.45, 7) is 6.97. The van der Waals surface area contributed by atoms with Crippen molar-refractivity contribution < 1.29 is 13.2 Å². The molecule has 0 bridgehead atoms. The van der Waals surface area contributed by atoms with Gasteiger partial charge in [-0.05, 0) is 43.3 Å². The average Bonchev–Trinajstić information content (AvgIpc) is 2.74. The van der Waals surface area contributed by atoms with E-state index in [9.17, 15) is 13.2 Å². The molecule has 1 N–H and O–H groups in total. The number of carbonyl (C=O) groups is 1. The van der Waals surface area contributed by atoms with Crippen LogP contribution in [0.4, 0.5) is 0 Å². The normalized spacial score (nSPS) is 16.9. The lowest BCUT2D eigenvalue weighted by atomic mass is 10.1. The highest BCUT2D eigenvalue weighted by molar-refractivity contribution is 7.89. The molecule has 0 spiro atoms. The van der Waals surface area contributed by atoms with Crippen LogP contribution in [0.5, 0.6) is 0 Å². The Hall–Kier alpha value is -1.64. The highest BCUT2D eigenvalue weighted by atomic mass is 35.5. The van der Waals surface area contributed by atoms with Crippen molar-refractivity contribution in [3.63, 3.8) is 0 Å². The predicted octanol–water partition coefficient (Wildman–Crippen LogP) is 3.81. The molecule has 0 aromatic heterocycles. The van der Waals surface area contributed by atoms with Crippen LogP contribution in [0.25, 0.3) is 0 Å². The number of nitrogens with one attached hydrogen (secondary N) is 1. The van der Waals surface area contributed by atoms with Crippen LogP contribution in [-0.4, -0.2) is 56.3 Å². The second-order valence-electron chi connectivity index (χ2n) is 7.20. The molecule has 1 fully saturated rings. The molecule has 162 valence electrons. The van der Waals surface area contributed by atoms with Gasteiger partial charge in [-0.15, -0.1) is 0 Å². The van der Waals surface area contributed by atoms with Crippen molar-refractivity contribution in [3.8, 4) is 0 Å². The van der Waals surface area contributed by atoms with Crippen molar-refractivity contribution in [2.24, 2.45) is 0 Å². The maximum Gasteiger partial charge on any atom is 0.253 e. The minimum absolute atomic E-state index is 0.0624. The number of nitrogens with zero attached hydrogens (tertiary/aromatic N) is 2. The number of carbonyl (C=O) groups excluding carboxylic acids is 1. The molecule has 3 rings (SSSR count). The maximum atomic E-state index is 13.1. The number of likely N-dealkylation sites (N-methyl/N-ethyl adjacent to an activating group) is 1. The quantitative estimate of drug-likeness (QED) is 0.697. The van der Waals surface area contributed by atoms with Gasteiger partial charge in [-0.1, -0.05) is 48.3 Å². The smallest absolute Gasteiger partial charge is 0.253 e. The molecule has 1 aliphatic rings. The fourth-order valence-corrected chi connectivity index (χ4v) is 5.40. The van der Waals surface area contributed by atoms with Gasteiger partial charge in [0.15, 0.2) is 0 Å². The molecule has 1 heterocycles. The number of amides is 1. The maximum absolute atomic E-state index is 13.1. The molecule has 2 aromatic rings. The zero-order valence-electron chi connectivity index (χ0n) is 16.9. The molecule has 0 radical (unpaired) electrons. The summed E-state index contributed by atoms with van der Waals surface area (Å²) in [6, 6.07) is 11.1. The highest BCUT2D eigenvalue weighted by Gasteiger charge is 2.29. The van der Waals surface area contributed by atoms with E-state index in [1.54, 1.807) is 13.0 Å². The standard InChI is InChI=1S/C21H25Cl2N3O3S/c1-3-25-10-12-26(13-11-25)30(28,29)16-8-9-20(23)18(14-16)21(27)24-15(2)17-6-4-5-7-19(17)22/h4-9,14-15H,3,10-13H2,1-2H3,(H,24,27)/t15-/m0/s1. The monoisotopic (exact) mass is 469 g/mol. The highest BCUT2D eigenvalue weighted by Crippen LogP contribution is 2.26. The van der Waals surface area contributed by atoms with Crippen LogP contribution in [0.15, 0.2) is 47.4 Å². The molecule has 1 amide bonds. The first-order chi connectivity index (χ1) is 14.2. The fraction of sp³-hybridized carbons (Fsp3) is 0.381. The summed E-state index contributed by atoms with van der Waals surface area (Å²) in [6.07, 6.45) is 0. The second kappa shape index (κ2) is 9.66. The molecule has 9 heteroatoms. The van der Waals surface area contributed by atoms with E-state index in [0.717, 1.165) is 12.1 Å². The summed E-state index contributed by atoms with van der Waals surface area (Å²) >= 11 is 12.4. The van der Waals surface area contributed by atoms with Gasteiger partial charge in [0.25, 0.3) is 5.91 Å². The van der Waals surface area contributed by atoms with Gasteiger partial charge >= 0.3 is 0 Å². The van der Waals surface area contributed by atoms with E-state index < -0.39 is 15.9 Å². The van der Waals surface area contributed by atoms with Gasteiger partial charge in [0.05, 0.1) is 21.5 Å². The van der Waals surface area contributed by atoms with Gasteiger partial charge in [0.2, 0.25) is 10.0 Å². The number of hydrogen-bond acceptors (Lipinski definition) is 4. The van der Waals surface area contributed by atoms with Crippen LogP contribution in [0.3, 0.4) is 0 Å². The Labute approximate surface area is 187 Å². The van der Waals surface area contributed by atoms with Crippen molar-refractivity contribution in [2.75, 3.05) is 32.7 Å². The van der Waals surface area contributed by atoms with Crippen LogP contribution >= 0.6 is 23.2 Å². The molecule has 0 saturated carbocycles. The zero-order valence-corrected chi connectivity index (χ0v) is 19.3. The molecule has 0 unspecified atom stereocenters. The third-order valence-electron chi connectivity index (χ3n) is 5.32. The van der Waals surface area contributed by atoms with Crippen molar-refractivity contribution in [1.29, 1.82) is 0 Å². The number of hydrogen-bond donors (Lipinski definition) is 1. The van der Waals surface area contributed by atoms with E-state index in [0.29, 0.717) is 31.2 Å². The third kappa shape index (κ3) is 4.98. The Morgan fingerprint density at radius 3 is 2.37 bits per heavy atom. The molecule has 0 aliphatic carbocycles. The Morgan fingerprint density at radius 1 is 1.07 bits per heavy atom. The number of sulfonamides is 1. The third-order valence-corrected chi connectivity index (χ3v) is 7.89. The Kier molecular flexibility index (Phi) is 7.42. The van der Waals surface area contributed by atoms with E-state index in [1.807, 2.05) is 18.2 Å². The lowest BCUT2D eigenvalue weighted by Crippen LogP contribution is -2.48. The van der Waals surface area contributed by atoms with Gasteiger partial charge in [-0.25, -0.2) is 8.42 Å². The Morgan fingerprint density at radius 2 is 1.73 bits per heavy atom. The topological polar surface area (TPSA) is 69.7 Å². The molecule has 1 saturated heterocycles. The van der Waals surface area contributed by atoms with Crippen molar-refractivity contribution >= 4 is 39.1 Å². The summed E-state index contributed by atoms with van der Waals surface area (Å²) in [5.41, 5.74) is 0.880. The molecule has 2 aromatic carbocycles. The van der Waals surface area contributed by atoms with Crippen LogP contribution < -0.4 is 5.32 Å². The summed E-state index contributed by atoms with van der Waals surface area (Å²) in [5.74, 6) is -0.458. The SMILES string of the molecule is CCN1CCN(S(=O)(=O)c2ccc(Cl)c(C(=O)N[C@@H](C)c3ccccc3Cl)c2)CC1. The van der Waals surface area contributed by atoms with Crippen molar-refractivity contribution in [3.05, 3.63) is 63.6 Å². The fourth-order valence-electron chi connectivity index (χ4n) is 3.45. The number of rotatable bonds is 6. The van der Waals surface area contributed by atoms with Crippen LogP contribution in [-0.2, 0) is 10.0 Å². The van der Waals surface area contributed by atoms with E-state index in [-0.39, 0.29) is 21.5 Å². The van der Waals surface area contributed by atoms with E-state index in [2.05, 4.69) is 17.1 Å². The van der Waals surface area contributed by atoms with Gasteiger partial charge in [0.1, 0.15) is 0 Å². The van der Waals surface area contributed by atoms with E-state index in [4.69, 9.17) is 23.2 Å². The van der Waals surface area contributed by atoms with Crippen LogP contribution in [0.1, 0.15) is 35.8 Å². The summed E-state index contributed by atoms with van der Waals surface area (Å²) in [5, 5.41) is 3.57. The number of benzene rings is 2. The van der Waals surface area contributed by atoms with Crippen LogP contribution in [0, 0.1) is 0 Å². The predicted molar refractivity (Wildman–Crippen MR) is 120 cm³/mol. The Balaban J connectivity index is 1.81. The van der Waals surface area contributed by atoms with Gasteiger partial charge < -0.3 is 10.2 Å². The summed E-state index contributed by atoms with van der Waals surface area (Å²) < 4.78 is 27.6. The van der Waals surface area contributed by atoms with Gasteiger partial charge in [-0.2, -0.15) is 4.31 Å². The molecule has 6 nitrogen and oxygen atoms in total. The number of halogens is 2. The van der Waals surface area contributed by atoms with Gasteiger partial charge in [0, 0.05) is 31.2 Å². The van der Waals surface area contributed by atoms with E-state index >= 15 is 0 Å². The lowest BCUT2D eigenvalue weighted by Gasteiger charge is -2.33. The minimum Gasteiger partial charge on any atom is -0.345 e. The molecule has 1 aliphatic heterocycles. The second-order valence-corrected chi connectivity index (χ2v) is 9.95. The first kappa shape index (κ1) is 23.0. The summed E-state index contributed by atoms with van der Waals surface area (Å²) in [4.78, 5) is 15.1. The number of piperazine rings is 1. The Bertz CT molecular complexity index is 1020. The largest absolute Gasteiger partial charge is 0.345 e. The minimum atomic E-state index is -3.71. The van der Waals surface area contributed by atoms with E-state index in [1.165, 1.54) is 22.5 Å². The molecule has 1 atom stereocenters. The lowest BCUT2D eigenvalue weighted by molar-refractivity contribution is 0.0940. The first-order valence-corrected chi connectivity index (χ1v) is 12.0. The average molecular weight is 470 g/mol. The van der Waals surface area contributed by atoms with Crippen molar-refractivity contribution in [2.45, 2.75) is 24.8 Å². The van der Waals surface area contributed by atoms with Crippen molar-refractivity contribution in [1.82, 2.24) is 14.5 Å². The van der Waals surface area contributed by atoms with Gasteiger partial charge in [-0.3, -0.25) is 4.79 Å². The molecular weight excluding hydrogens is 445 g/mol. The zero-order chi connectivity index (χ0) is 21.9. The molecule has 30 heavy (non-hydrogen) atoms. The first-order valence-electron chi connectivity index (χ1n) is 9.81. The molecular formula is C21H25Cl2N3O3S.